The molecular weight excluding hydrogens is 300 g/mol. The van der Waals surface area contributed by atoms with Crippen molar-refractivity contribution < 1.29 is 9.90 Å². The summed E-state index contributed by atoms with van der Waals surface area (Å²) in [6, 6.07) is 4.94. The average Bonchev–Trinajstić information content (AvgIpc) is 3.18. The number of pyridine rings is 1. The molecule has 1 fully saturated rings. The number of carboxylic acids is 1. The molecule has 2 aromatic rings. The van der Waals surface area contributed by atoms with E-state index in [1.807, 2.05) is 0 Å². The number of rotatable bonds is 6. The Morgan fingerprint density at radius 3 is 2.91 bits per heavy atom. The van der Waals surface area contributed by atoms with Crippen LogP contribution in [0.2, 0.25) is 0 Å². The van der Waals surface area contributed by atoms with Crippen LogP contribution in [0, 0.1) is 0 Å². The SMILES string of the molecule is O=C(O)c1cccc(NCCc2csc(N3CCCC3)n2)n1. The molecule has 0 aliphatic carbocycles. The summed E-state index contributed by atoms with van der Waals surface area (Å²) in [7, 11) is 0. The topological polar surface area (TPSA) is 78.4 Å². The molecule has 3 rings (SSSR count). The van der Waals surface area contributed by atoms with Gasteiger partial charge in [-0.15, -0.1) is 11.3 Å². The van der Waals surface area contributed by atoms with Gasteiger partial charge in [0, 0.05) is 31.4 Å². The van der Waals surface area contributed by atoms with Crippen LogP contribution in [0.3, 0.4) is 0 Å². The second-order valence-electron chi connectivity index (χ2n) is 5.21. The summed E-state index contributed by atoms with van der Waals surface area (Å²) in [5.41, 5.74) is 1.11. The number of carboxylic acid groups (broad SMARTS) is 1. The average molecular weight is 318 g/mol. The Morgan fingerprint density at radius 2 is 2.14 bits per heavy atom. The lowest BCUT2D eigenvalue weighted by molar-refractivity contribution is 0.0690. The van der Waals surface area contributed by atoms with E-state index in [2.05, 4.69) is 25.6 Å². The monoisotopic (exact) mass is 318 g/mol. The second kappa shape index (κ2) is 6.74. The van der Waals surface area contributed by atoms with Gasteiger partial charge in [-0.2, -0.15) is 0 Å². The van der Waals surface area contributed by atoms with E-state index in [4.69, 9.17) is 5.11 Å². The Kier molecular flexibility index (Phi) is 4.53. The minimum atomic E-state index is -1.02. The number of aromatic nitrogens is 2. The third-order valence-electron chi connectivity index (χ3n) is 3.57. The van der Waals surface area contributed by atoms with Gasteiger partial charge < -0.3 is 15.3 Å². The zero-order valence-electron chi connectivity index (χ0n) is 12.2. The number of carbonyl (C=O) groups is 1. The van der Waals surface area contributed by atoms with Crippen molar-refractivity contribution in [2.45, 2.75) is 19.3 Å². The quantitative estimate of drug-likeness (QED) is 0.852. The van der Waals surface area contributed by atoms with E-state index >= 15 is 0 Å². The lowest BCUT2D eigenvalue weighted by Gasteiger charge is -2.12. The highest BCUT2D eigenvalue weighted by atomic mass is 32.1. The van der Waals surface area contributed by atoms with E-state index in [1.165, 1.54) is 18.9 Å². The molecule has 2 aromatic heterocycles. The Balaban J connectivity index is 1.52. The van der Waals surface area contributed by atoms with Crippen molar-refractivity contribution in [2.24, 2.45) is 0 Å². The molecule has 0 saturated carbocycles. The van der Waals surface area contributed by atoms with Crippen LogP contribution in [0.4, 0.5) is 10.9 Å². The van der Waals surface area contributed by atoms with Gasteiger partial charge in [0.1, 0.15) is 5.82 Å². The largest absolute Gasteiger partial charge is 0.477 e. The van der Waals surface area contributed by atoms with Crippen LogP contribution in [0.25, 0.3) is 0 Å². The fourth-order valence-corrected chi connectivity index (χ4v) is 3.35. The highest BCUT2D eigenvalue weighted by Crippen LogP contribution is 2.24. The van der Waals surface area contributed by atoms with Gasteiger partial charge in [0.25, 0.3) is 0 Å². The zero-order valence-corrected chi connectivity index (χ0v) is 13.0. The van der Waals surface area contributed by atoms with Gasteiger partial charge in [-0.1, -0.05) is 6.07 Å². The molecule has 0 aromatic carbocycles. The maximum absolute atomic E-state index is 10.9. The van der Waals surface area contributed by atoms with Crippen molar-refractivity contribution in [1.29, 1.82) is 0 Å². The maximum Gasteiger partial charge on any atom is 0.354 e. The van der Waals surface area contributed by atoms with Crippen molar-refractivity contribution in [3.63, 3.8) is 0 Å². The summed E-state index contributed by atoms with van der Waals surface area (Å²) in [5.74, 6) is -0.437. The van der Waals surface area contributed by atoms with E-state index in [9.17, 15) is 4.79 Å². The lowest BCUT2D eigenvalue weighted by atomic mass is 10.3. The van der Waals surface area contributed by atoms with E-state index in [-0.39, 0.29) is 5.69 Å². The van der Waals surface area contributed by atoms with Gasteiger partial charge >= 0.3 is 5.97 Å². The third kappa shape index (κ3) is 3.54. The summed E-state index contributed by atoms with van der Waals surface area (Å²) < 4.78 is 0. The lowest BCUT2D eigenvalue weighted by Crippen LogP contribution is -2.17. The molecule has 3 heterocycles. The molecule has 0 amide bonds. The van der Waals surface area contributed by atoms with Crippen molar-refractivity contribution in [3.8, 4) is 0 Å². The molecule has 0 atom stereocenters. The smallest absolute Gasteiger partial charge is 0.354 e. The molecular formula is C15H18N4O2S. The molecule has 0 bridgehead atoms. The van der Waals surface area contributed by atoms with Crippen LogP contribution in [0.15, 0.2) is 23.6 Å². The first-order chi connectivity index (χ1) is 10.7. The molecule has 2 N–H and O–H groups in total. The number of hydrogen-bond donors (Lipinski definition) is 2. The summed E-state index contributed by atoms with van der Waals surface area (Å²) in [5, 5.41) is 15.3. The number of nitrogens with zero attached hydrogens (tertiary/aromatic N) is 3. The van der Waals surface area contributed by atoms with E-state index in [1.54, 1.807) is 23.5 Å². The van der Waals surface area contributed by atoms with Gasteiger partial charge in [0.05, 0.1) is 5.69 Å². The zero-order chi connectivity index (χ0) is 15.4. The first kappa shape index (κ1) is 14.8. The van der Waals surface area contributed by atoms with Crippen LogP contribution >= 0.6 is 11.3 Å². The van der Waals surface area contributed by atoms with Crippen LogP contribution < -0.4 is 10.2 Å². The normalized spacial score (nSPS) is 14.3. The summed E-state index contributed by atoms with van der Waals surface area (Å²) >= 11 is 1.69. The van der Waals surface area contributed by atoms with E-state index < -0.39 is 5.97 Å². The van der Waals surface area contributed by atoms with Crippen LogP contribution in [0.5, 0.6) is 0 Å². The number of thiazole rings is 1. The van der Waals surface area contributed by atoms with Crippen LogP contribution in [-0.2, 0) is 6.42 Å². The summed E-state index contributed by atoms with van der Waals surface area (Å²) in [6.07, 6.45) is 3.30. The standard InChI is InChI=1S/C15H18N4O2S/c20-14(21)12-4-3-5-13(18-12)16-7-6-11-10-22-15(17-11)19-8-1-2-9-19/h3-5,10H,1-2,6-9H2,(H,16,18)(H,20,21). The Hall–Kier alpha value is -2.15. The van der Waals surface area contributed by atoms with Gasteiger partial charge in [0.2, 0.25) is 0 Å². The Morgan fingerprint density at radius 1 is 1.32 bits per heavy atom. The molecule has 0 radical (unpaired) electrons. The molecule has 116 valence electrons. The van der Waals surface area contributed by atoms with Crippen molar-refractivity contribution in [3.05, 3.63) is 35.0 Å². The Bertz CT molecular complexity index is 652. The minimum Gasteiger partial charge on any atom is -0.477 e. The van der Waals surface area contributed by atoms with Crippen molar-refractivity contribution in [1.82, 2.24) is 9.97 Å². The maximum atomic E-state index is 10.9. The van der Waals surface area contributed by atoms with Gasteiger partial charge in [0.15, 0.2) is 10.8 Å². The second-order valence-corrected chi connectivity index (χ2v) is 6.04. The molecule has 6 nitrogen and oxygen atoms in total. The molecule has 1 saturated heterocycles. The first-order valence-electron chi connectivity index (χ1n) is 7.36. The fourth-order valence-electron chi connectivity index (χ4n) is 2.44. The number of hydrogen-bond acceptors (Lipinski definition) is 6. The minimum absolute atomic E-state index is 0.0509. The van der Waals surface area contributed by atoms with Gasteiger partial charge in [-0.25, -0.2) is 14.8 Å². The fraction of sp³-hybridized carbons (Fsp3) is 0.400. The van der Waals surface area contributed by atoms with Gasteiger partial charge in [-0.3, -0.25) is 0 Å². The third-order valence-corrected chi connectivity index (χ3v) is 4.52. The molecule has 0 spiro atoms. The predicted octanol–water partition coefficient (Wildman–Crippen LogP) is 2.49. The van der Waals surface area contributed by atoms with Crippen molar-refractivity contribution >= 4 is 28.3 Å². The van der Waals surface area contributed by atoms with E-state index in [0.29, 0.717) is 12.4 Å². The van der Waals surface area contributed by atoms with Gasteiger partial charge in [-0.05, 0) is 25.0 Å². The number of anilines is 2. The molecule has 7 heteroatoms. The first-order valence-corrected chi connectivity index (χ1v) is 8.24. The summed E-state index contributed by atoms with van der Waals surface area (Å²) in [6.45, 7) is 2.90. The summed E-state index contributed by atoms with van der Waals surface area (Å²) in [4.78, 5) is 21.9. The van der Waals surface area contributed by atoms with E-state index in [0.717, 1.165) is 30.3 Å². The number of aromatic carboxylic acids is 1. The molecule has 1 aliphatic rings. The number of nitrogens with one attached hydrogen (secondary N) is 1. The Labute approximate surface area is 132 Å². The highest BCUT2D eigenvalue weighted by molar-refractivity contribution is 7.13. The van der Waals surface area contributed by atoms with Crippen LogP contribution in [0.1, 0.15) is 29.0 Å². The van der Waals surface area contributed by atoms with Crippen LogP contribution in [-0.4, -0.2) is 40.7 Å². The van der Waals surface area contributed by atoms with Crippen molar-refractivity contribution in [2.75, 3.05) is 29.9 Å². The molecule has 0 unspecified atom stereocenters. The molecule has 1 aliphatic heterocycles. The molecule has 22 heavy (non-hydrogen) atoms. The predicted molar refractivity (Wildman–Crippen MR) is 87.0 cm³/mol. The highest BCUT2D eigenvalue weighted by Gasteiger charge is 2.15.